The molecule has 0 radical (unpaired) electrons. The summed E-state index contributed by atoms with van der Waals surface area (Å²) in [4.78, 5) is 30.5. The summed E-state index contributed by atoms with van der Waals surface area (Å²) < 4.78 is 18.5. The predicted octanol–water partition coefficient (Wildman–Crippen LogP) is 3.95. The summed E-state index contributed by atoms with van der Waals surface area (Å²) in [7, 11) is 1.87. The molecule has 5 atom stereocenters. The van der Waals surface area contributed by atoms with E-state index in [1.165, 1.54) is 24.0 Å². The SMILES string of the molecule is CC(=O)O[C@@]12CC[C@H](N(C)C(=O)/C=C/c3ccoc3)[C@@H]3Oc4cccc5c4[C@@]31CCN(CC1CC1)[C@@H]2C5. The van der Waals surface area contributed by atoms with Crippen LogP contribution in [-0.4, -0.2) is 65.6 Å². The van der Waals surface area contributed by atoms with Gasteiger partial charge in [-0.25, -0.2) is 0 Å². The molecule has 1 amide bonds. The smallest absolute Gasteiger partial charge is 0.303 e. The number of benzene rings is 1. The van der Waals surface area contributed by atoms with Gasteiger partial charge in [-0.1, -0.05) is 12.1 Å². The van der Waals surface area contributed by atoms with Crippen molar-refractivity contribution in [2.24, 2.45) is 5.92 Å². The highest BCUT2D eigenvalue weighted by Gasteiger charge is 2.75. The number of piperidine rings is 1. The molecule has 2 saturated carbocycles. The molecule has 3 heterocycles. The Labute approximate surface area is 217 Å². The molecule has 3 fully saturated rings. The Kier molecular flexibility index (Phi) is 5.13. The van der Waals surface area contributed by atoms with Gasteiger partial charge in [0.2, 0.25) is 5.91 Å². The Morgan fingerprint density at radius 1 is 1.22 bits per heavy atom. The number of nitrogens with zero attached hydrogens (tertiary/aromatic N) is 2. The van der Waals surface area contributed by atoms with Crippen molar-refractivity contribution in [1.29, 1.82) is 0 Å². The third-order valence-corrected chi connectivity index (χ3v) is 9.72. The fraction of sp³-hybridized carbons (Fsp3) is 0.533. The average molecular weight is 503 g/mol. The van der Waals surface area contributed by atoms with E-state index in [-0.39, 0.29) is 30.1 Å². The molecule has 1 saturated heterocycles. The van der Waals surface area contributed by atoms with Gasteiger partial charge < -0.3 is 18.8 Å². The number of likely N-dealkylation sites (tertiary alicyclic amines) is 1. The van der Waals surface area contributed by atoms with E-state index in [1.54, 1.807) is 31.6 Å². The minimum Gasteiger partial charge on any atom is -0.487 e. The van der Waals surface area contributed by atoms with Crippen molar-refractivity contribution in [1.82, 2.24) is 9.80 Å². The van der Waals surface area contributed by atoms with Gasteiger partial charge in [-0.3, -0.25) is 14.5 Å². The quantitative estimate of drug-likeness (QED) is 0.440. The van der Waals surface area contributed by atoms with Gasteiger partial charge in [0, 0.05) is 37.7 Å². The minimum absolute atomic E-state index is 0.0686. The summed E-state index contributed by atoms with van der Waals surface area (Å²) in [5, 5.41) is 0. The number of amides is 1. The van der Waals surface area contributed by atoms with Crippen molar-refractivity contribution in [2.75, 3.05) is 20.1 Å². The number of furan rings is 1. The Morgan fingerprint density at radius 3 is 2.84 bits per heavy atom. The molecule has 3 aliphatic carbocycles. The monoisotopic (exact) mass is 502 g/mol. The van der Waals surface area contributed by atoms with Crippen molar-refractivity contribution >= 4 is 18.0 Å². The molecule has 7 nitrogen and oxygen atoms in total. The highest BCUT2D eigenvalue weighted by atomic mass is 16.6. The molecule has 2 aromatic rings. The summed E-state index contributed by atoms with van der Waals surface area (Å²) in [6.07, 6.45) is 12.1. The summed E-state index contributed by atoms with van der Waals surface area (Å²) in [6, 6.07) is 8.19. The molecule has 0 unspecified atom stereocenters. The van der Waals surface area contributed by atoms with Gasteiger partial charge in [0.1, 0.15) is 17.5 Å². The van der Waals surface area contributed by atoms with E-state index in [2.05, 4.69) is 23.1 Å². The van der Waals surface area contributed by atoms with Gasteiger partial charge in [0.15, 0.2) is 0 Å². The zero-order valence-corrected chi connectivity index (χ0v) is 21.5. The van der Waals surface area contributed by atoms with Crippen molar-refractivity contribution in [3.05, 3.63) is 59.6 Å². The second kappa shape index (κ2) is 8.22. The molecular formula is C30H34N2O5. The molecule has 194 valence electrons. The second-order valence-electron chi connectivity index (χ2n) is 11.6. The van der Waals surface area contributed by atoms with Gasteiger partial charge in [0.25, 0.3) is 0 Å². The maximum atomic E-state index is 13.3. The van der Waals surface area contributed by atoms with Crippen LogP contribution >= 0.6 is 0 Å². The Hall–Kier alpha value is -3.06. The van der Waals surface area contributed by atoms with Crippen molar-refractivity contribution in [2.45, 2.75) is 74.7 Å². The van der Waals surface area contributed by atoms with E-state index in [1.807, 2.05) is 18.0 Å². The normalized spacial score (nSPS) is 33.6. The average Bonchev–Trinajstić information content (AvgIpc) is 3.40. The van der Waals surface area contributed by atoms with Gasteiger partial charge >= 0.3 is 5.97 Å². The lowest BCUT2D eigenvalue weighted by Crippen LogP contribution is -2.79. The molecule has 7 rings (SSSR count). The van der Waals surface area contributed by atoms with Crippen molar-refractivity contribution < 1.29 is 23.5 Å². The summed E-state index contributed by atoms with van der Waals surface area (Å²) >= 11 is 0. The number of carbonyl (C=O) groups is 2. The highest BCUT2D eigenvalue weighted by molar-refractivity contribution is 5.92. The molecule has 2 bridgehead atoms. The number of ether oxygens (including phenoxy) is 2. The van der Waals surface area contributed by atoms with E-state index in [9.17, 15) is 9.59 Å². The fourth-order valence-electron chi connectivity index (χ4n) is 8.08. The molecule has 7 heteroatoms. The summed E-state index contributed by atoms with van der Waals surface area (Å²) in [5.41, 5.74) is 2.28. The fourth-order valence-corrected chi connectivity index (χ4v) is 8.08. The third-order valence-electron chi connectivity index (χ3n) is 9.72. The van der Waals surface area contributed by atoms with Crippen LogP contribution in [0.3, 0.4) is 0 Å². The lowest BCUT2D eigenvalue weighted by Gasteiger charge is -2.65. The highest BCUT2D eigenvalue weighted by Crippen LogP contribution is 2.65. The molecule has 1 spiro atoms. The van der Waals surface area contributed by atoms with Crippen LogP contribution in [0.4, 0.5) is 0 Å². The lowest BCUT2D eigenvalue weighted by molar-refractivity contribution is -0.223. The van der Waals surface area contributed by atoms with Crippen LogP contribution in [0.1, 0.15) is 55.7 Å². The lowest BCUT2D eigenvalue weighted by atomic mass is 9.48. The van der Waals surface area contributed by atoms with E-state index < -0.39 is 11.0 Å². The Balaban J connectivity index is 1.30. The number of rotatable bonds is 6. The first-order valence-electron chi connectivity index (χ1n) is 13.6. The van der Waals surface area contributed by atoms with Crippen LogP contribution in [0.2, 0.25) is 0 Å². The Bertz CT molecular complexity index is 1270. The first-order valence-corrected chi connectivity index (χ1v) is 13.6. The number of hydrogen-bond acceptors (Lipinski definition) is 6. The van der Waals surface area contributed by atoms with Crippen LogP contribution in [0.5, 0.6) is 5.75 Å². The topological polar surface area (TPSA) is 72.2 Å². The van der Waals surface area contributed by atoms with Gasteiger partial charge in [-0.15, -0.1) is 0 Å². The third kappa shape index (κ3) is 3.29. The molecule has 2 aliphatic heterocycles. The maximum absolute atomic E-state index is 13.3. The van der Waals surface area contributed by atoms with Gasteiger partial charge in [-0.05, 0) is 74.8 Å². The second-order valence-corrected chi connectivity index (χ2v) is 11.6. The molecule has 1 aromatic heterocycles. The van der Waals surface area contributed by atoms with Crippen LogP contribution in [0.15, 0.2) is 47.3 Å². The van der Waals surface area contributed by atoms with E-state index in [4.69, 9.17) is 13.9 Å². The molecule has 37 heavy (non-hydrogen) atoms. The van der Waals surface area contributed by atoms with Crippen LogP contribution < -0.4 is 4.74 Å². The molecule has 1 aromatic carbocycles. The number of carbonyl (C=O) groups excluding carboxylic acids is 2. The van der Waals surface area contributed by atoms with E-state index in [0.717, 1.165) is 56.0 Å². The predicted molar refractivity (Wildman–Crippen MR) is 137 cm³/mol. The van der Waals surface area contributed by atoms with Crippen LogP contribution in [-0.2, 0) is 26.2 Å². The number of likely N-dealkylation sites (N-methyl/N-ethyl adjacent to an activating group) is 1. The van der Waals surface area contributed by atoms with Gasteiger partial charge in [-0.2, -0.15) is 0 Å². The van der Waals surface area contributed by atoms with E-state index in [0.29, 0.717) is 0 Å². The number of esters is 1. The largest absolute Gasteiger partial charge is 0.487 e. The van der Waals surface area contributed by atoms with Gasteiger partial charge in [0.05, 0.1) is 30.0 Å². The molecular weight excluding hydrogens is 468 g/mol. The molecule has 0 N–H and O–H groups in total. The van der Waals surface area contributed by atoms with Crippen molar-refractivity contribution in [3.63, 3.8) is 0 Å². The first-order chi connectivity index (χ1) is 17.9. The van der Waals surface area contributed by atoms with Crippen LogP contribution in [0, 0.1) is 5.92 Å². The standard InChI is InChI=1S/C30H34N2O5/c1-19(33)37-30-12-10-23(31(2)26(34)9-8-21-11-15-35-18-21)28-29(30)13-14-32(17-20-6-7-20)25(30)16-22-4-3-5-24(36-28)27(22)29/h3-5,8-9,11,15,18,20,23,25,28H,6-7,10,12-14,16-17H2,1-2H3/b9-8+/t23-,25+,28-,29-,30+/m0/s1. The summed E-state index contributed by atoms with van der Waals surface area (Å²) in [5.74, 6) is 1.36. The number of hydrogen-bond donors (Lipinski definition) is 0. The summed E-state index contributed by atoms with van der Waals surface area (Å²) in [6.45, 7) is 3.58. The first kappa shape index (κ1) is 23.1. The Morgan fingerprint density at radius 2 is 2.08 bits per heavy atom. The zero-order chi connectivity index (χ0) is 25.4. The zero-order valence-electron chi connectivity index (χ0n) is 21.5. The molecule has 5 aliphatic rings. The van der Waals surface area contributed by atoms with Crippen molar-refractivity contribution in [3.8, 4) is 5.75 Å². The maximum Gasteiger partial charge on any atom is 0.303 e. The van der Waals surface area contributed by atoms with Crippen LogP contribution in [0.25, 0.3) is 6.08 Å². The van der Waals surface area contributed by atoms with E-state index >= 15 is 0 Å². The minimum atomic E-state index is -0.650.